The summed E-state index contributed by atoms with van der Waals surface area (Å²) < 4.78 is 15.5. The van der Waals surface area contributed by atoms with E-state index in [9.17, 15) is 4.79 Å². The highest BCUT2D eigenvalue weighted by Crippen LogP contribution is 2.43. The number of halogens is 5. The zero-order chi connectivity index (χ0) is 28.3. The molecule has 4 aromatic rings. The Labute approximate surface area is 261 Å². The third-order valence-corrected chi connectivity index (χ3v) is 9.40. The van der Waals surface area contributed by atoms with Gasteiger partial charge in [0.1, 0.15) is 12.4 Å². The molecule has 1 atom stereocenters. The molecule has 0 aliphatic heterocycles. The van der Waals surface area contributed by atoms with Crippen molar-refractivity contribution < 1.29 is 9.47 Å². The van der Waals surface area contributed by atoms with Gasteiger partial charge in [-0.2, -0.15) is 9.78 Å². The van der Waals surface area contributed by atoms with Crippen molar-refractivity contribution in [2.45, 2.75) is 39.7 Å². The van der Waals surface area contributed by atoms with Gasteiger partial charge in [0, 0.05) is 20.4 Å². The molecule has 0 fully saturated rings. The molecule has 204 valence electrons. The van der Waals surface area contributed by atoms with Gasteiger partial charge in [-0.05, 0) is 87.2 Å². The molecule has 0 unspecified atom stereocenters. The van der Waals surface area contributed by atoms with E-state index in [0.717, 1.165) is 16.5 Å². The van der Waals surface area contributed by atoms with Crippen LogP contribution < -0.4 is 15.0 Å². The third-order valence-electron chi connectivity index (χ3n) is 6.02. The largest absolute Gasteiger partial charge is 0.490 e. The first-order valence-electron chi connectivity index (χ1n) is 12.1. The fraction of sp³-hybridized carbons (Fsp3) is 0.250. The Kier molecular flexibility index (Phi) is 10.1. The number of fused-ring (bicyclic) bond motifs is 1. The predicted octanol–water partition coefficient (Wildman–Crippen LogP) is 9.36. The number of ether oxygens (including phenoxy) is 2. The number of rotatable bonds is 9. The zero-order valence-corrected chi connectivity index (χ0v) is 27.5. The van der Waals surface area contributed by atoms with Gasteiger partial charge in [-0.3, -0.25) is 4.79 Å². The van der Waals surface area contributed by atoms with Crippen LogP contribution >= 0.6 is 71.0 Å². The highest BCUT2D eigenvalue weighted by Gasteiger charge is 2.19. The fourth-order valence-corrected chi connectivity index (χ4v) is 5.40. The average molecular weight is 761 g/mol. The predicted molar refractivity (Wildman–Crippen MR) is 169 cm³/mol. The zero-order valence-electron chi connectivity index (χ0n) is 21.3. The van der Waals surface area contributed by atoms with E-state index in [1.54, 1.807) is 24.4 Å². The summed E-state index contributed by atoms with van der Waals surface area (Å²) in [7, 11) is 0. The van der Waals surface area contributed by atoms with Crippen LogP contribution in [0.25, 0.3) is 10.9 Å². The SMILES string of the molecule is CCOc1cc(C=Nn2c([C@H](C)CC)nc3ccc(Br)cc3c2=O)c(Br)c(Br)c1OCc1ccc(Cl)c(Cl)c1. The Balaban J connectivity index is 1.75. The number of nitrogens with zero attached hydrogens (tertiary/aromatic N) is 3. The summed E-state index contributed by atoms with van der Waals surface area (Å²) >= 11 is 22.9. The molecule has 6 nitrogen and oxygen atoms in total. The van der Waals surface area contributed by atoms with Gasteiger partial charge in [0.05, 0.1) is 38.2 Å². The summed E-state index contributed by atoms with van der Waals surface area (Å²) in [6.45, 7) is 6.65. The summed E-state index contributed by atoms with van der Waals surface area (Å²) in [6, 6.07) is 12.6. The topological polar surface area (TPSA) is 65.7 Å². The van der Waals surface area contributed by atoms with Crippen LogP contribution in [-0.4, -0.2) is 22.5 Å². The molecule has 0 saturated carbocycles. The van der Waals surface area contributed by atoms with E-state index < -0.39 is 0 Å². The van der Waals surface area contributed by atoms with E-state index in [0.29, 0.717) is 59.4 Å². The maximum Gasteiger partial charge on any atom is 0.282 e. The van der Waals surface area contributed by atoms with E-state index in [-0.39, 0.29) is 18.1 Å². The normalized spacial score (nSPS) is 12.3. The summed E-state index contributed by atoms with van der Waals surface area (Å²) in [4.78, 5) is 18.3. The van der Waals surface area contributed by atoms with E-state index in [1.807, 2.05) is 38.1 Å². The minimum atomic E-state index is -0.241. The van der Waals surface area contributed by atoms with Crippen molar-refractivity contribution in [1.29, 1.82) is 0 Å². The van der Waals surface area contributed by atoms with Crippen LogP contribution in [-0.2, 0) is 6.61 Å². The van der Waals surface area contributed by atoms with Gasteiger partial charge < -0.3 is 9.47 Å². The van der Waals surface area contributed by atoms with Crippen molar-refractivity contribution in [3.05, 3.63) is 93.2 Å². The highest BCUT2D eigenvalue weighted by molar-refractivity contribution is 9.13. The first-order chi connectivity index (χ1) is 18.6. The Bertz CT molecular complexity index is 1630. The number of benzene rings is 3. The molecule has 0 saturated heterocycles. The second-order valence-electron chi connectivity index (χ2n) is 8.69. The van der Waals surface area contributed by atoms with Crippen molar-refractivity contribution in [2.75, 3.05) is 6.61 Å². The molecule has 0 aliphatic rings. The molecule has 1 aromatic heterocycles. The number of aromatic nitrogens is 2. The first-order valence-corrected chi connectivity index (χ1v) is 15.3. The lowest BCUT2D eigenvalue weighted by Crippen LogP contribution is -2.23. The molecule has 0 amide bonds. The highest BCUT2D eigenvalue weighted by atomic mass is 79.9. The minimum absolute atomic E-state index is 0.0224. The smallest absolute Gasteiger partial charge is 0.282 e. The van der Waals surface area contributed by atoms with Crippen molar-refractivity contribution in [3.63, 3.8) is 0 Å². The van der Waals surface area contributed by atoms with Crippen molar-refractivity contribution >= 4 is 88.1 Å². The molecule has 39 heavy (non-hydrogen) atoms. The van der Waals surface area contributed by atoms with Crippen LogP contribution in [0.2, 0.25) is 10.0 Å². The van der Waals surface area contributed by atoms with Gasteiger partial charge in [-0.15, -0.1) is 0 Å². The van der Waals surface area contributed by atoms with E-state index in [4.69, 9.17) is 37.7 Å². The van der Waals surface area contributed by atoms with Crippen LogP contribution in [0.15, 0.2) is 65.8 Å². The van der Waals surface area contributed by atoms with Gasteiger partial charge in [-0.25, -0.2) is 4.98 Å². The van der Waals surface area contributed by atoms with Crippen molar-refractivity contribution in [1.82, 2.24) is 9.66 Å². The number of hydrogen-bond donors (Lipinski definition) is 0. The van der Waals surface area contributed by atoms with Gasteiger partial charge >= 0.3 is 0 Å². The Morgan fingerprint density at radius 3 is 2.49 bits per heavy atom. The maximum atomic E-state index is 13.5. The van der Waals surface area contributed by atoms with Crippen molar-refractivity contribution in [2.24, 2.45) is 5.10 Å². The molecule has 1 heterocycles. The molecule has 0 bridgehead atoms. The molecular weight excluding hydrogens is 737 g/mol. The maximum absolute atomic E-state index is 13.5. The van der Waals surface area contributed by atoms with Crippen LogP contribution in [0.1, 0.15) is 50.1 Å². The Hall–Kier alpha value is -1.91. The quantitative estimate of drug-likeness (QED) is 0.160. The number of hydrogen-bond acceptors (Lipinski definition) is 5. The minimum Gasteiger partial charge on any atom is -0.490 e. The van der Waals surface area contributed by atoms with Crippen LogP contribution in [0.3, 0.4) is 0 Å². The van der Waals surface area contributed by atoms with Crippen LogP contribution in [0.5, 0.6) is 11.5 Å². The summed E-state index contributed by atoms with van der Waals surface area (Å²) in [6.07, 6.45) is 2.41. The molecule has 4 rings (SSSR count). The van der Waals surface area contributed by atoms with Gasteiger partial charge in [-0.1, -0.05) is 59.0 Å². The molecule has 0 aliphatic carbocycles. The van der Waals surface area contributed by atoms with Crippen LogP contribution in [0.4, 0.5) is 0 Å². The molecule has 0 radical (unpaired) electrons. The van der Waals surface area contributed by atoms with Crippen LogP contribution in [0, 0.1) is 0 Å². The lowest BCUT2D eigenvalue weighted by molar-refractivity contribution is 0.267. The van der Waals surface area contributed by atoms with Gasteiger partial charge in [0.15, 0.2) is 11.5 Å². The molecule has 11 heteroatoms. The summed E-state index contributed by atoms with van der Waals surface area (Å²) in [5.41, 5.74) is 1.93. The summed E-state index contributed by atoms with van der Waals surface area (Å²) in [5, 5.41) is 6.01. The summed E-state index contributed by atoms with van der Waals surface area (Å²) in [5.74, 6) is 1.65. The van der Waals surface area contributed by atoms with E-state index in [2.05, 4.69) is 59.8 Å². The standard InChI is InChI=1S/C28H24Br3Cl2N3O3/c1-4-15(3)27-35-22-9-7-18(29)12-19(22)28(37)36(27)34-13-17-11-23(38-5-2)26(25(31)24(17)30)39-14-16-6-8-20(32)21(33)10-16/h6-13,15H,4-5,14H2,1-3H3/t15-/m1/s1. The lowest BCUT2D eigenvalue weighted by Gasteiger charge is -2.17. The van der Waals surface area contributed by atoms with E-state index >= 15 is 0 Å². The van der Waals surface area contributed by atoms with E-state index in [1.165, 1.54) is 4.68 Å². The Morgan fingerprint density at radius 2 is 1.79 bits per heavy atom. The van der Waals surface area contributed by atoms with Crippen molar-refractivity contribution in [3.8, 4) is 11.5 Å². The van der Waals surface area contributed by atoms with Gasteiger partial charge in [0.2, 0.25) is 0 Å². The average Bonchev–Trinajstić information content (AvgIpc) is 2.92. The monoisotopic (exact) mass is 757 g/mol. The molecular formula is C28H24Br3Cl2N3O3. The second-order valence-corrected chi connectivity index (χ2v) is 12.0. The second kappa shape index (κ2) is 13.2. The Morgan fingerprint density at radius 1 is 1.03 bits per heavy atom. The van der Waals surface area contributed by atoms with Gasteiger partial charge in [0.25, 0.3) is 5.56 Å². The first kappa shape index (κ1) is 30.1. The molecule has 0 spiro atoms. The third kappa shape index (κ3) is 6.70. The lowest BCUT2D eigenvalue weighted by atomic mass is 10.1. The molecule has 3 aromatic carbocycles. The molecule has 0 N–H and O–H groups in total. The fourth-order valence-electron chi connectivity index (χ4n) is 3.78.